The van der Waals surface area contributed by atoms with Gasteiger partial charge in [-0.05, 0) is 225 Å². The summed E-state index contributed by atoms with van der Waals surface area (Å²) in [4.78, 5) is 37.6. The first-order chi connectivity index (χ1) is 24.7. The molecule has 16 aliphatic carbocycles. The van der Waals surface area contributed by atoms with Gasteiger partial charge in [0.1, 0.15) is 21.7 Å². The van der Waals surface area contributed by atoms with E-state index in [0.29, 0.717) is 0 Å². The van der Waals surface area contributed by atoms with Gasteiger partial charge in [0.15, 0.2) is 0 Å². The van der Waals surface area contributed by atoms with Crippen LogP contribution in [0.5, 0.6) is 0 Å². The van der Waals surface area contributed by atoms with E-state index in [0.717, 1.165) is 148 Å². The van der Waals surface area contributed by atoms with Gasteiger partial charge in [-0.1, -0.05) is 0 Å². The Morgan fingerprint density at radius 2 is 0.352 bits per heavy atom. The summed E-state index contributed by atoms with van der Waals surface area (Å²) in [6.07, 6.45) is 28.8. The van der Waals surface area contributed by atoms with Crippen molar-refractivity contribution in [2.24, 2.45) is 92.7 Å². The molecule has 16 bridgehead atoms. The van der Waals surface area contributed by atoms with Crippen LogP contribution in [0.4, 0.5) is 0 Å². The second kappa shape index (κ2) is 15.1. The van der Waals surface area contributed by atoms with Gasteiger partial charge < -0.3 is 39.6 Å². The minimum Gasteiger partial charge on any atom is -0.339 e. The quantitative estimate of drug-likeness (QED) is 0.163. The van der Waals surface area contributed by atoms with Gasteiger partial charge in [0, 0.05) is 39.0 Å². The van der Waals surface area contributed by atoms with E-state index in [2.05, 4.69) is 0 Å². The van der Waals surface area contributed by atoms with Crippen LogP contribution in [0.1, 0.15) is 154 Å². The molecule has 0 amide bonds. The van der Waals surface area contributed by atoms with Gasteiger partial charge in [0.05, 0.1) is 0 Å². The van der Waals surface area contributed by atoms with Crippen molar-refractivity contribution in [2.45, 2.75) is 154 Å². The summed E-state index contributed by atoms with van der Waals surface area (Å²) in [5, 5.41) is 37.6. The monoisotopic (exact) mass is 930 g/mol. The number of rotatable bonds is 4. The predicted octanol–water partition coefficient (Wildman–Crippen LogP) is 9.05. The minimum atomic E-state index is -0.258. The zero-order valence-electron chi connectivity index (χ0n) is 32.1. The second-order valence-electron chi connectivity index (χ2n) is 22.1. The Hall–Kier alpha value is -0.873. The Kier molecular flexibility index (Phi) is 11.5. The Balaban J connectivity index is 0.000000110. The first kappa shape index (κ1) is 41.3. The van der Waals surface area contributed by atoms with Crippen molar-refractivity contribution in [3.05, 3.63) is 0 Å². The molecule has 0 aromatic carbocycles. The normalized spacial score (nSPS) is 50.5. The van der Waals surface area contributed by atoms with Crippen LogP contribution in [0.15, 0.2) is 0 Å². The van der Waals surface area contributed by atoms with E-state index >= 15 is 0 Å². The topological polar surface area (TPSA) is 167 Å². The van der Waals surface area contributed by atoms with E-state index in [1.54, 1.807) is 0 Å². The van der Waals surface area contributed by atoms with Crippen molar-refractivity contribution in [2.75, 3.05) is 0 Å². The average Bonchev–Trinajstić information content (AvgIpc) is 3.03. The summed E-state index contributed by atoms with van der Waals surface area (Å²) in [6, 6.07) is 0. The predicted molar refractivity (Wildman–Crippen MR) is 201 cm³/mol. The summed E-state index contributed by atoms with van der Waals surface area (Å²) in [5.41, 5.74) is -0.688. The van der Waals surface area contributed by atoms with Crippen molar-refractivity contribution < 1.29 is 78.6 Å². The van der Waals surface area contributed by atoms with Gasteiger partial charge in [-0.15, -0.1) is 0 Å². The maximum Gasteiger partial charge on any atom is 0.486 e. The first-order valence-corrected chi connectivity index (χ1v) is 21.7. The van der Waals surface area contributed by atoms with E-state index in [-0.39, 0.29) is 84.5 Å². The molecule has 16 fully saturated rings. The molecule has 0 aliphatic heterocycles. The largest absolute Gasteiger partial charge is 0.486 e. The number of hydrogen-bond acceptors (Lipinski definition) is 0. The average molecular weight is 931 g/mol. The zero-order chi connectivity index (χ0) is 36.2. The molecule has 16 aliphatic rings. The molecule has 306 valence electrons. The number of hydrogen-bond donors (Lipinski definition) is 4. The molecule has 2 radical (unpaired) electrons. The smallest absolute Gasteiger partial charge is 0.339 e. The molecule has 10 heteroatoms. The fourth-order valence-corrected chi connectivity index (χ4v) is 17.5. The molecule has 0 heterocycles. The van der Waals surface area contributed by atoms with Gasteiger partial charge in [-0.3, -0.25) is 0 Å². The third-order valence-electron chi connectivity index (χ3n) is 18.1. The van der Waals surface area contributed by atoms with Gasteiger partial charge in [0.25, 0.3) is 0 Å². The molecule has 54 heavy (non-hydrogen) atoms. The number of aliphatic carboxylic acids is 4. The fraction of sp³-hybridized carbons (Fsp3) is 0.909. The molecule has 0 aromatic rings. The summed E-state index contributed by atoms with van der Waals surface area (Å²) >= 11 is 0. The van der Waals surface area contributed by atoms with E-state index in [4.69, 9.17) is 0 Å². The van der Waals surface area contributed by atoms with E-state index in [1.807, 2.05) is 0 Å². The Bertz CT molecular complexity index is 1110. The molecule has 8 N–H and O–H groups in total. The van der Waals surface area contributed by atoms with E-state index in [1.165, 1.54) is 77.0 Å². The van der Waals surface area contributed by atoms with Crippen LogP contribution in [0.2, 0.25) is 0 Å². The molecule has 0 spiro atoms. The molecular formula is C44H68O8Rh2+4. The van der Waals surface area contributed by atoms with Crippen LogP contribution in [0.3, 0.4) is 0 Å². The van der Waals surface area contributed by atoms with Crippen molar-refractivity contribution in [1.29, 1.82) is 0 Å². The van der Waals surface area contributed by atoms with Gasteiger partial charge in [0.2, 0.25) is 0 Å². The molecule has 0 saturated heterocycles. The molecular weight excluding hydrogens is 862 g/mol. The maximum absolute atomic E-state index is 9.39. The van der Waals surface area contributed by atoms with Crippen molar-refractivity contribution in [1.82, 2.24) is 0 Å². The number of carboxylic acid groups (broad SMARTS) is 4. The third kappa shape index (κ3) is 7.47. The summed E-state index contributed by atoms with van der Waals surface area (Å²) < 4.78 is 0. The molecule has 0 unspecified atom stereocenters. The van der Waals surface area contributed by atoms with Gasteiger partial charge in [-0.25, -0.2) is 0 Å². The van der Waals surface area contributed by atoms with Crippen molar-refractivity contribution in [3.8, 4) is 0 Å². The van der Waals surface area contributed by atoms with Crippen LogP contribution in [0.25, 0.3) is 0 Å². The van der Waals surface area contributed by atoms with Crippen LogP contribution in [-0.4, -0.2) is 63.5 Å². The van der Waals surface area contributed by atoms with Crippen LogP contribution >= 0.6 is 0 Å². The van der Waals surface area contributed by atoms with Crippen LogP contribution < -0.4 is 0 Å². The summed E-state index contributed by atoms with van der Waals surface area (Å²) in [7, 11) is 0. The Labute approximate surface area is 347 Å². The fourth-order valence-electron chi connectivity index (χ4n) is 17.5. The van der Waals surface area contributed by atoms with E-state index < -0.39 is 0 Å². The zero-order valence-corrected chi connectivity index (χ0v) is 35.4. The first-order valence-electron chi connectivity index (χ1n) is 21.7. The van der Waals surface area contributed by atoms with Gasteiger partial charge >= 0.3 is 23.9 Å². The van der Waals surface area contributed by atoms with Crippen LogP contribution in [0, 0.1) is 92.7 Å². The third-order valence-corrected chi connectivity index (χ3v) is 18.1. The van der Waals surface area contributed by atoms with Crippen LogP contribution in [-0.2, 0) is 39.0 Å². The molecule has 0 aromatic heterocycles. The number of carboxylic acids is 4. The SMILES string of the molecule is OC(=[OH+])C12CC3CC(CC(C3)C1)C2.OC(=[OH+])C12CC3CC(CC(C3)C1)C2.OC(=[OH+])C12CC3CC(CC(C3)C1)C2.OC(=[OH+])C12CC3CC(CC(C3)C1)C2.[Rh].[Rh]. The second-order valence-corrected chi connectivity index (χ2v) is 22.1. The Morgan fingerprint density at radius 3 is 0.426 bits per heavy atom. The molecule has 16 saturated carbocycles. The number of aliphatic hydroxyl groups excluding tert-OH is 4. The molecule has 8 nitrogen and oxygen atoms in total. The summed E-state index contributed by atoms with van der Waals surface area (Å²) in [5.74, 6) is 8.48. The Morgan fingerprint density at radius 1 is 0.259 bits per heavy atom. The minimum absolute atomic E-state index is 0. The van der Waals surface area contributed by atoms with E-state index in [9.17, 15) is 39.6 Å². The maximum atomic E-state index is 9.39. The van der Waals surface area contributed by atoms with Crippen molar-refractivity contribution in [3.63, 3.8) is 0 Å². The van der Waals surface area contributed by atoms with Crippen molar-refractivity contribution >= 4 is 23.9 Å². The molecule has 16 rings (SSSR count). The summed E-state index contributed by atoms with van der Waals surface area (Å²) in [6.45, 7) is 0. The standard InChI is InChI=1S/4C11H16O2.2Rh/c4*12-10(13)11-4-7-1-8(5-11)3-9(2-7)6-11;;/h4*7-9H,1-6H2,(H,12,13);;/p+4. The van der Waals surface area contributed by atoms with Gasteiger partial charge in [-0.2, -0.15) is 0 Å². The molecule has 0 atom stereocenters.